The fourth-order valence-corrected chi connectivity index (χ4v) is 9.27. The number of carbonyl (C=O) groups is 2. The van der Waals surface area contributed by atoms with Crippen LogP contribution in [-0.4, -0.2) is 77.1 Å². The standard InChI is InChI=1S/C52H52N2O12S/c1-59-37-29-45(63-5)39(46(30-37)64-6)21-25-49(35-19-23-43(61-3)41(27-35)53-51(55)33-15-11-9-12-16-33)67(57,58)50(26-22-40-47(65-7)31-38(60-2)32-48(40)66-8)36-20-24-44(62-4)42(28-36)54-52(56)34-17-13-10-14-18-34/h9-32,49-50H,1-8H3,(H,53,55)(H,54,56). The van der Waals surface area contributed by atoms with E-state index < -0.39 is 32.2 Å². The summed E-state index contributed by atoms with van der Waals surface area (Å²) < 4.78 is 77.2. The summed E-state index contributed by atoms with van der Waals surface area (Å²) in [6.07, 6.45) is 6.23. The molecule has 0 radical (unpaired) electrons. The average molecular weight is 929 g/mol. The first kappa shape index (κ1) is 48.5. The van der Waals surface area contributed by atoms with Crippen LogP contribution in [0.2, 0.25) is 0 Å². The third-order valence-corrected chi connectivity index (χ3v) is 13.0. The minimum absolute atomic E-state index is 0.220. The van der Waals surface area contributed by atoms with Gasteiger partial charge in [-0.2, -0.15) is 0 Å². The number of nitrogens with one attached hydrogen (secondary N) is 2. The number of benzene rings is 6. The van der Waals surface area contributed by atoms with Crippen LogP contribution in [0.3, 0.4) is 0 Å². The summed E-state index contributed by atoms with van der Waals surface area (Å²) in [6.45, 7) is 0. The zero-order chi connectivity index (χ0) is 48.1. The van der Waals surface area contributed by atoms with Crippen molar-refractivity contribution in [1.82, 2.24) is 0 Å². The number of sulfone groups is 1. The normalized spacial score (nSPS) is 12.2. The highest BCUT2D eigenvalue weighted by Gasteiger charge is 2.35. The van der Waals surface area contributed by atoms with Gasteiger partial charge in [-0.1, -0.05) is 60.7 Å². The maximum atomic E-state index is 16.0. The van der Waals surface area contributed by atoms with Crippen molar-refractivity contribution in [2.45, 2.75) is 10.5 Å². The molecule has 0 saturated carbocycles. The average Bonchev–Trinajstić information content (AvgIpc) is 3.36. The van der Waals surface area contributed by atoms with Crippen LogP contribution in [0, 0.1) is 0 Å². The van der Waals surface area contributed by atoms with Gasteiger partial charge in [0.1, 0.15) is 56.5 Å². The smallest absolute Gasteiger partial charge is 0.255 e. The molecule has 2 amide bonds. The number of anilines is 2. The second-order valence-electron chi connectivity index (χ2n) is 14.6. The lowest BCUT2D eigenvalue weighted by molar-refractivity contribution is 0.101. The van der Waals surface area contributed by atoms with Gasteiger partial charge in [-0.25, -0.2) is 8.42 Å². The predicted octanol–water partition coefficient (Wildman–Crippen LogP) is 9.88. The number of hydrogen-bond donors (Lipinski definition) is 2. The minimum Gasteiger partial charge on any atom is -0.496 e. The topological polar surface area (TPSA) is 166 Å². The summed E-state index contributed by atoms with van der Waals surface area (Å²) in [5.74, 6) is 1.98. The highest BCUT2D eigenvalue weighted by atomic mass is 32.2. The van der Waals surface area contributed by atoms with Crippen molar-refractivity contribution >= 4 is 45.2 Å². The van der Waals surface area contributed by atoms with Gasteiger partial charge in [-0.05, 0) is 71.8 Å². The lowest BCUT2D eigenvalue weighted by atomic mass is 10.1. The fraction of sp³-hybridized carbons (Fsp3) is 0.192. The lowest BCUT2D eigenvalue weighted by Crippen LogP contribution is -2.20. The Morgan fingerprint density at radius 2 is 0.761 bits per heavy atom. The SMILES string of the molecule is COc1cc(OC)c(C=CC(c2ccc(OC)c(NC(=O)c3ccccc3)c2)S(=O)(=O)C(C=Cc2c(OC)cc(OC)cc2OC)c2ccc(OC)c(NC(=O)c3ccccc3)c2)c(OC)c1. The molecule has 0 aromatic heterocycles. The molecule has 6 aromatic rings. The van der Waals surface area contributed by atoms with Gasteiger partial charge in [0.15, 0.2) is 9.84 Å². The van der Waals surface area contributed by atoms with Crippen LogP contribution in [0.25, 0.3) is 12.2 Å². The van der Waals surface area contributed by atoms with E-state index in [-0.39, 0.29) is 34.0 Å². The third-order valence-electron chi connectivity index (χ3n) is 10.8. The first-order valence-electron chi connectivity index (χ1n) is 20.7. The Balaban J connectivity index is 1.61. The van der Waals surface area contributed by atoms with Gasteiger partial charge in [-0.15, -0.1) is 0 Å². The van der Waals surface area contributed by atoms with Gasteiger partial charge in [0, 0.05) is 35.4 Å². The molecule has 2 unspecified atom stereocenters. The van der Waals surface area contributed by atoms with Crippen LogP contribution in [-0.2, 0) is 9.84 Å². The molecule has 67 heavy (non-hydrogen) atoms. The second-order valence-corrected chi connectivity index (χ2v) is 16.8. The Morgan fingerprint density at radius 1 is 0.433 bits per heavy atom. The molecule has 0 spiro atoms. The van der Waals surface area contributed by atoms with E-state index in [0.717, 1.165) is 0 Å². The Bertz CT molecular complexity index is 2630. The van der Waals surface area contributed by atoms with Crippen LogP contribution in [0.5, 0.6) is 46.0 Å². The molecule has 0 saturated heterocycles. The first-order valence-corrected chi connectivity index (χ1v) is 22.3. The van der Waals surface area contributed by atoms with Gasteiger partial charge >= 0.3 is 0 Å². The van der Waals surface area contributed by atoms with E-state index in [1.807, 2.05) is 0 Å². The van der Waals surface area contributed by atoms with Gasteiger partial charge in [0.2, 0.25) is 0 Å². The fourth-order valence-electron chi connectivity index (χ4n) is 7.31. The van der Waals surface area contributed by atoms with Crippen molar-refractivity contribution in [3.63, 3.8) is 0 Å². The summed E-state index contributed by atoms with van der Waals surface area (Å²) in [6, 6.07) is 33.3. The van der Waals surface area contributed by atoms with E-state index in [4.69, 9.17) is 37.9 Å². The van der Waals surface area contributed by atoms with Crippen molar-refractivity contribution in [2.24, 2.45) is 0 Å². The Morgan fingerprint density at radius 3 is 1.06 bits per heavy atom. The van der Waals surface area contributed by atoms with E-state index in [9.17, 15) is 9.59 Å². The van der Waals surface area contributed by atoms with E-state index in [1.54, 1.807) is 133 Å². The van der Waals surface area contributed by atoms with Crippen molar-refractivity contribution in [3.05, 3.63) is 167 Å². The zero-order valence-corrected chi connectivity index (χ0v) is 39.1. The Hall–Kier alpha value is -7.91. The maximum absolute atomic E-state index is 16.0. The maximum Gasteiger partial charge on any atom is 0.255 e. The number of methoxy groups -OCH3 is 8. The Labute approximate surface area is 390 Å². The molecule has 14 nitrogen and oxygen atoms in total. The summed E-state index contributed by atoms with van der Waals surface area (Å²) in [5, 5.41) is 2.88. The van der Waals surface area contributed by atoms with Crippen molar-refractivity contribution in [3.8, 4) is 46.0 Å². The highest BCUT2D eigenvalue weighted by molar-refractivity contribution is 7.92. The van der Waals surface area contributed by atoms with Crippen molar-refractivity contribution in [1.29, 1.82) is 0 Å². The number of carbonyl (C=O) groups excluding carboxylic acids is 2. The highest BCUT2D eigenvalue weighted by Crippen LogP contribution is 2.44. The molecule has 348 valence electrons. The Kier molecular flexibility index (Phi) is 16.2. The molecule has 0 aliphatic rings. The molecular formula is C52H52N2O12S. The molecule has 0 fully saturated rings. The molecule has 15 heteroatoms. The van der Waals surface area contributed by atoms with Gasteiger partial charge in [-0.3, -0.25) is 9.59 Å². The summed E-state index contributed by atoms with van der Waals surface area (Å²) in [7, 11) is 7.28. The number of amides is 2. The minimum atomic E-state index is -4.54. The molecule has 2 atom stereocenters. The largest absolute Gasteiger partial charge is 0.496 e. The monoisotopic (exact) mass is 928 g/mol. The molecule has 6 rings (SSSR count). The first-order chi connectivity index (χ1) is 32.4. The van der Waals surface area contributed by atoms with Crippen LogP contribution in [0.15, 0.2) is 133 Å². The van der Waals surface area contributed by atoms with Crippen LogP contribution in [0.4, 0.5) is 11.4 Å². The van der Waals surface area contributed by atoms with Crippen LogP contribution < -0.4 is 48.5 Å². The van der Waals surface area contributed by atoms with Gasteiger partial charge in [0.25, 0.3) is 11.8 Å². The zero-order valence-electron chi connectivity index (χ0n) is 38.3. The number of rotatable bonds is 20. The molecule has 0 heterocycles. The predicted molar refractivity (Wildman–Crippen MR) is 259 cm³/mol. The van der Waals surface area contributed by atoms with Crippen LogP contribution in [0.1, 0.15) is 53.5 Å². The van der Waals surface area contributed by atoms with E-state index in [1.165, 1.54) is 69.0 Å². The molecular weight excluding hydrogens is 877 g/mol. The third kappa shape index (κ3) is 11.1. The van der Waals surface area contributed by atoms with Crippen molar-refractivity contribution < 1.29 is 55.9 Å². The summed E-state index contributed by atoms with van der Waals surface area (Å²) in [4.78, 5) is 27.1. The quantitative estimate of drug-likeness (QED) is 0.0745. The molecule has 0 aliphatic heterocycles. The van der Waals surface area contributed by atoms with Gasteiger partial charge < -0.3 is 48.5 Å². The van der Waals surface area contributed by atoms with Crippen LogP contribution >= 0.6 is 0 Å². The van der Waals surface area contributed by atoms with Crippen molar-refractivity contribution in [2.75, 3.05) is 67.5 Å². The number of ether oxygens (including phenoxy) is 8. The van der Waals surface area contributed by atoms with Gasteiger partial charge in [0.05, 0.1) is 79.4 Å². The second kappa shape index (κ2) is 22.3. The summed E-state index contributed by atoms with van der Waals surface area (Å²) >= 11 is 0. The van der Waals surface area contributed by atoms with E-state index in [2.05, 4.69) is 10.6 Å². The molecule has 6 aromatic carbocycles. The molecule has 0 bridgehead atoms. The molecule has 0 aliphatic carbocycles. The summed E-state index contributed by atoms with van der Waals surface area (Å²) in [5.41, 5.74) is 2.56. The lowest BCUT2D eigenvalue weighted by Gasteiger charge is -2.24. The molecule has 2 N–H and O–H groups in total. The van der Waals surface area contributed by atoms with E-state index >= 15 is 8.42 Å². The number of hydrogen-bond acceptors (Lipinski definition) is 12. The van der Waals surface area contributed by atoms with E-state index in [0.29, 0.717) is 56.8 Å².